The van der Waals surface area contributed by atoms with Gasteiger partial charge in [-0.05, 0) is 63.5 Å². The van der Waals surface area contributed by atoms with Crippen molar-refractivity contribution in [3.05, 3.63) is 77.6 Å². The van der Waals surface area contributed by atoms with E-state index in [4.69, 9.17) is 4.74 Å². The predicted molar refractivity (Wildman–Crippen MR) is 127 cm³/mol. The average Bonchev–Trinajstić information content (AvgIpc) is 3.09. The number of hydrogen-bond donors (Lipinski definition) is 1. The molecule has 1 N–H and O–H groups in total. The van der Waals surface area contributed by atoms with Crippen molar-refractivity contribution in [1.29, 1.82) is 0 Å². The third kappa shape index (κ3) is 4.87. The molecule has 1 saturated heterocycles. The van der Waals surface area contributed by atoms with Crippen molar-refractivity contribution < 1.29 is 14.3 Å². The molecule has 1 amide bonds. The second kappa shape index (κ2) is 8.81. The Labute approximate surface area is 190 Å². The number of allylic oxidation sites excluding steroid dienone is 5. The molecule has 0 radical (unpaired) electrons. The van der Waals surface area contributed by atoms with E-state index < -0.39 is 5.60 Å². The van der Waals surface area contributed by atoms with E-state index in [0.717, 1.165) is 28.9 Å². The molecule has 168 valence electrons. The lowest BCUT2D eigenvalue weighted by molar-refractivity contribution is -0.156. The van der Waals surface area contributed by atoms with E-state index in [9.17, 15) is 9.59 Å². The van der Waals surface area contributed by atoms with E-state index in [2.05, 4.69) is 41.8 Å². The summed E-state index contributed by atoms with van der Waals surface area (Å²) >= 11 is 0. The summed E-state index contributed by atoms with van der Waals surface area (Å²) < 4.78 is 5.50. The summed E-state index contributed by atoms with van der Waals surface area (Å²) in [6.45, 7) is 8.06. The minimum Gasteiger partial charge on any atom is -0.460 e. The van der Waals surface area contributed by atoms with Crippen molar-refractivity contribution in [2.45, 2.75) is 58.1 Å². The first-order chi connectivity index (χ1) is 15.2. The van der Waals surface area contributed by atoms with Crippen LogP contribution in [0.3, 0.4) is 0 Å². The van der Waals surface area contributed by atoms with E-state index in [-0.39, 0.29) is 29.8 Å². The van der Waals surface area contributed by atoms with Gasteiger partial charge in [0.1, 0.15) is 5.60 Å². The van der Waals surface area contributed by atoms with Crippen molar-refractivity contribution in [3.63, 3.8) is 0 Å². The fourth-order valence-corrected chi connectivity index (χ4v) is 4.32. The number of nitrogens with one attached hydrogen (secondary N) is 1. The zero-order valence-corrected chi connectivity index (χ0v) is 19.3. The number of anilines is 1. The highest BCUT2D eigenvalue weighted by Crippen LogP contribution is 2.36. The van der Waals surface area contributed by atoms with Gasteiger partial charge in [0.25, 0.3) is 0 Å². The van der Waals surface area contributed by atoms with Crippen molar-refractivity contribution in [2.75, 3.05) is 11.4 Å². The molecule has 2 aliphatic carbocycles. The van der Waals surface area contributed by atoms with Crippen LogP contribution in [-0.4, -0.2) is 30.1 Å². The number of ether oxygens (including phenoxy) is 1. The van der Waals surface area contributed by atoms with Crippen LogP contribution in [0.2, 0.25) is 0 Å². The molecule has 3 unspecified atom stereocenters. The maximum atomic E-state index is 13.2. The normalized spacial score (nSPS) is 23.4. The van der Waals surface area contributed by atoms with Gasteiger partial charge >= 0.3 is 5.97 Å². The van der Waals surface area contributed by atoms with Crippen LogP contribution in [0.1, 0.15) is 52.0 Å². The number of carbonyl (C=O) groups is 2. The Balaban J connectivity index is 1.40. The molecule has 0 aromatic heterocycles. The summed E-state index contributed by atoms with van der Waals surface area (Å²) in [5.41, 5.74) is 3.50. The summed E-state index contributed by atoms with van der Waals surface area (Å²) in [5, 5.41) is 3.56. The van der Waals surface area contributed by atoms with Crippen molar-refractivity contribution in [2.24, 2.45) is 5.92 Å². The van der Waals surface area contributed by atoms with Crippen LogP contribution in [0.5, 0.6) is 0 Å². The van der Waals surface area contributed by atoms with Crippen LogP contribution in [0.25, 0.3) is 0 Å². The van der Waals surface area contributed by atoms with Gasteiger partial charge in [-0.3, -0.25) is 9.59 Å². The van der Waals surface area contributed by atoms with Crippen molar-refractivity contribution in [3.8, 4) is 0 Å². The van der Waals surface area contributed by atoms with E-state index in [1.807, 2.05) is 56.9 Å². The fraction of sp³-hybridized carbons (Fsp3) is 0.407. The zero-order valence-electron chi connectivity index (χ0n) is 19.3. The monoisotopic (exact) mass is 432 g/mol. The van der Waals surface area contributed by atoms with Gasteiger partial charge in [-0.25, -0.2) is 0 Å². The lowest BCUT2D eigenvalue weighted by Gasteiger charge is -2.23. The molecule has 1 aliphatic heterocycles. The molecule has 32 heavy (non-hydrogen) atoms. The zero-order chi connectivity index (χ0) is 22.9. The minimum absolute atomic E-state index is 0.106. The number of esters is 1. The smallest absolute Gasteiger partial charge is 0.313 e. The lowest BCUT2D eigenvalue weighted by Crippen LogP contribution is -2.31. The van der Waals surface area contributed by atoms with Gasteiger partial charge in [0.05, 0.1) is 11.8 Å². The Bertz CT molecular complexity index is 1010. The molecule has 5 nitrogen and oxygen atoms in total. The van der Waals surface area contributed by atoms with Crippen LogP contribution in [0, 0.1) is 5.92 Å². The summed E-state index contributed by atoms with van der Waals surface area (Å²) in [6, 6.07) is 7.98. The second-order valence-electron chi connectivity index (χ2n) is 9.76. The lowest BCUT2D eigenvalue weighted by atomic mass is 9.91. The molecule has 0 bridgehead atoms. The van der Waals surface area contributed by atoms with E-state index in [1.165, 1.54) is 0 Å². The van der Waals surface area contributed by atoms with Gasteiger partial charge in [-0.1, -0.05) is 42.5 Å². The SMILES string of the molecule is CC(C(=O)OC(C)(C)C)c1ccc(N2CC3=CC=C(NC4C=CC=CC4)CC3C2=O)cc1. The Morgan fingerprint density at radius 1 is 1.16 bits per heavy atom. The third-order valence-electron chi connectivity index (χ3n) is 6.09. The van der Waals surface area contributed by atoms with Gasteiger partial charge in [-0.2, -0.15) is 0 Å². The van der Waals surface area contributed by atoms with Gasteiger partial charge in [0.15, 0.2) is 0 Å². The molecule has 3 aliphatic rings. The Morgan fingerprint density at radius 2 is 1.91 bits per heavy atom. The Kier molecular flexibility index (Phi) is 6.09. The quantitative estimate of drug-likeness (QED) is 0.680. The van der Waals surface area contributed by atoms with Crippen LogP contribution < -0.4 is 10.2 Å². The molecule has 3 atom stereocenters. The Morgan fingerprint density at radius 3 is 2.56 bits per heavy atom. The first-order valence-electron chi connectivity index (χ1n) is 11.3. The molecule has 0 saturated carbocycles. The molecule has 5 heteroatoms. The number of fused-ring (bicyclic) bond motifs is 1. The van der Waals surface area contributed by atoms with E-state index in [0.29, 0.717) is 13.0 Å². The van der Waals surface area contributed by atoms with Crippen LogP contribution in [-0.2, 0) is 14.3 Å². The maximum absolute atomic E-state index is 13.2. The van der Waals surface area contributed by atoms with E-state index >= 15 is 0 Å². The van der Waals surface area contributed by atoms with Gasteiger partial charge in [0.2, 0.25) is 5.91 Å². The largest absolute Gasteiger partial charge is 0.460 e. The average molecular weight is 433 g/mol. The Hall–Kier alpha value is -3.08. The molecule has 4 rings (SSSR count). The topological polar surface area (TPSA) is 58.6 Å². The standard InChI is InChI=1S/C27H32N2O3/c1-18(26(31)32-27(2,3)4)19-11-14-23(15-12-19)29-17-20-10-13-22(16-24(20)25(29)30)28-21-8-6-5-7-9-21/h5-8,10-15,18,21,24,28H,9,16-17H2,1-4H3. The number of amides is 1. The van der Waals surface area contributed by atoms with Crippen LogP contribution in [0.4, 0.5) is 5.69 Å². The summed E-state index contributed by atoms with van der Waals surface area (Å²) in [4.78, 5) is 27.4. The summed E-state index contributed by atoms with van der Waals surface area (Å²) in [7, 11) is 0. The molecule has 1 aromatic rings. The van der Waals surface area contributed by atoms with Crippen molar-refractivity contribution in [1.82, 2.24) is 5.32 Å². The van der Waals surface area contributed by atoms with Gasteiger partial charge in [0, 0.05) is 30.4 Å². The molecule has 1 fully saturated rings. The number of hydrogen-bond acceptors (Lipinski definition) is 4. The second-order valence-corrected chi connectivity index (χ2v) is 9.76. The highest BCUT2D eigenvalue weighted by Gasteiger charge is 2.38. The predicted octanol–water partition coefficient (Wildman–Crippen LogP) is 4.78. The first kappa shape index (κ1) is 22.1. The molecular weight excluding hydrogens is 400 g/mol. The number of nitrogens with zero attached hydrogens (tertiary/aromatic N) is 1. The summed E-state index contributed by atoms with van der Waals surface area (Å²) in [5.74, 6) is -0.570. The minimum atomic E-state index is -0.511. The van der Waals surface area contributed by atoms with E-state index in [1.54, 1.807) is 0 Å². The third-order valence-corrected chi connectivity index (χ3v) is 6.09. The molecule has 1 heterocycles. The number of rotatable bonds is 5. The first-order valence-corrected chi connectivity index (χ1v) is 11.3. The van der Waals surface area contributed by atoms with Gasteiger partial charge in [-0.15, -0.1) is 0 Å². The maximum Gasteiger partial charge on any atom is 0.313 e. The van der Waals surface area contributed by atoms with Crippen molar-refractivity contribution >= 4 is 17.6 Å². The highest BCUT2D eigenvalue weighted by atomic mass is 16.6. The number of benzene rings is 1. The van der Waals surface area contributed by atoms with Gasteiger partial charge < -0.3 is 15.0 Å². The fourth-order valence-electron chi connectivity index (χ4n) is 4.32. The molecule has 0 spiro atoms. The molecule has 1 aromatic carbocycles. The number of carbonyl (C=O) groups excluding carboxylic acids is 2. The molecular formula is C27H32N2O3. The van der Waals surface area contributed by atoms with Crippen LogP contribution >= 0.6 is 0 Å². The summed E-state index contributed by atoms with van der Waals surface area (Å²) in [6.07, 6.45) is 14.3. The van der Waals surface area contributed by atoms with Crippen LogP contribution in [0.15, 0.2) is 72.0 Å². The highest BCUT2D eigenvalue weighted by molar-refractivity contribution is 6.01.